The molecule has 0 saturated heterocycles. The van der Waals surface area contributed by atoms with Crippen LogP contribution in [0.5, 0.6) is 0 Å². The van der Waals surface area contributed by atoms with Crippen molar-refractivity contribution >= 4 is 17.7 Å². The highest BCUT2D eigenvalue weighted by molar-refractivity contribution is 6.01. The molecule has 0 bridgehead atoms. The molecule has 1 unspecified atom stereocenters. The van der Waals surface area contributed by atoms with Gasteiger partial charge < -0.3 is 15.2 Å². The second-order valence-electron chi connectivity index (χ2n) is 19.7. The van der Waals surface area contributed by atoms with Gasteiger partial charge in [0, 0.05) is 29.8 Å². The molecule has 10 atom stereocenters. The van der Waals surface area contributed by atoms with Crippen LogP contribution < -0.4 is 5.32 Å². The lowest BCUT2D eigenvalue weighted by molar-refractivity contribution is -0.232. The van der Waals surface area contributed by atoms with Crippen molar-refractivity contribution in [1.29, 1.82) is 0 Å². The van der Waals surface area contributed by atoms with Crippen LogP contribution in [-0.2, 0) is 19.1 Å². The first-order valence-electron chi connectivity index (χ1n) is 20.1. The number of rotatable bonds is 10. The van der Waals surface area contributed by atoms with Crippen molar-refractivity contribution in [3.05, 3.63) is 41.2 Å². The third-order valence-corrected chi connectivity index (χ3v) is 16.1. The van der Waals surface area contributed by atoms with Gasteiger partial charge in [-0.25, -0.2) is 0 Å². The van der Waals surface area contributed by atoms with E-state index < -0.39 is 17.4 Å². The van der Waals surface area contributed by atoms with Crippen molar-refractivity contribution in [3.8, 4) is 0 Å². The Labute approximate surface area is 307 Å². The van der Waals surface area contributed by atoms with Crippen LogP contribution in [0.1, 0.15) is 145 Å². The summed E-state index contributed by atoms with van der Waals surface area (Å²) in [6, 6.07) is 4.29. The number of ketones is 1. The van der Waals surface area contributed by atoms with Gasteiger partial charge in [-0.2, -0.15) is 0 Å². The van der Waals surface area contributed by atoms with Gasteiger partial charge >= 0.3 is 11.9 Å². The molecule has 7 heteroatoms. The maximum Gasteiger partial charge on any atom is 0.309 e. The van der Waals surface area contributed by atoms with Crippen LogP contribution in [0.25, 0.3) is 0 Å². The number of esters is 1. The van der Waals surface area contributed by atoms with Gasteiger partial charge in [0.25, 0.3) is 0 Å². The molecule has 51 heavy (non-hydrogen) atoms. The minimum Gasteiger partial charge on any atom is -0.481 e. The van der Waals surface area contributed by atoms with E-state index in [-0.39, 0.29) is 52.1 Å². The van der Waals surface area contributed by atoms with Crippen molar-refractivity contribution in [2.24, 2.45) is 62.6 Å². The Morgan fingerprint density at radius 1 is 0.980 bits per heavy atom. The molecule has 4 saturated carbocycles. The topological polar surface area (TPSA) is 106 Å². The van der Waals surface area contributed by atoms with Crippen LogP contribution in [0.3, 0.4) is 0 Å². The van der Waals surface area contributed by atoms with Crippen LogP contribution in [-0.4, -0.2) is 40.5 Å². The summed E-state index contributed by atoms with van der Waals surface area (Å²) < 4.78 is 6.17. The van der Waals surface area contributed by atoms with E-state index in [4.69, 9.17) is 4.74 Å². The van der Waals surface area contributed by atoms with Gasteiger partial charge in [-0.1, -0.05) is 60.1 Å². The third kappa shape index (κ3) is 6.13. The molecule has 4 fully saturated rings. The molecular weight excluding hydrogens is 636 g/mol. The number of aliphatic carboxylic acids is 1. The van der Waals surface area contributed by atoms with Crippen LogP contribution >= 0.6 is 0 Å². The zero-order chi connectivity index (χ0) is 37.3. The summed E-state index contributed by atoms with van der Waals surface area (Å²) in [6.07, 6.45) is 13.0. The number of nitrogens with zero attached hydrogens (tertiary/aromatic N) is 1. The first-order chi connectivity index (χ1) is 23.8. The van der Waals surface area contributed by atoms with E-state index in [1.807, 2.05) is 18.5 Å². The zero-order valence-corrected chi connectivity index (χ0v) is 33.2. The predicted octanol–water partition coefficient (Wildman–Crippen LogP) is 9.37. The Morgan fingerprint density at radius 2 is 1.69 bits per heavy atom. The number of fused-ring (bicyclic) bond motifs is 7. The maximum atomic E-state index is 14.4. The Kier molecular flexibility index (Phi) is 10.0. The number of carbonyl (C=O) groups is 3. The molecule has 0 amide bonds. The molecule has 7 nitrogen and oxygen atoms in total. The number of ether oxygens (including phenoxy) is 1. The molecule has 1 aromatic heterocycles. The molecule has 0 aromatic carbocycles. The highest BCUT2D eigenvalue weighted by atomic mass is 16.5. The van der Waals surface area contributed by atoms with Gasteiger partial charge in [0.1, 0.15) is 6.10 Å². The smallest absolute Gasteiger partial charge is 0.309 e. The number of hydrogen-bond acceptors (Lipinski definition) is 6. The molecule has 2 N–H and O–H groups in total. The van der Waals surface area contributed by atoms with Gasteiger partial charge in [0.15, 0.2) is 5.78 Å². The number of carbonyl (C=O) groups excluding carboxylic acids is 2. The first-order valence-corrected chi connectivity index (χ1v) is 20.1. The van der Waals surface area contributed by atoms with Gasteiger partial charge in [0.05, 0.1) is 11.8 Å². The molecular formula is C44H66N2O5. The van der Waals surface area contributed by atoms with Crippen molar-refractivity contribution in [1.82, 2.24) is 10.3 Å². The monoisotopic (exact) mass is 702 g/mol. The minimum absolute atomic E-state index is 0.0780. The van der Waals surface area contributed by atoms with Crippen molar-refractivity contribution in [2.75, 3.05) is 6.54 Å². The van der Waals surface area contributed by atoms with Gasteiger partial charge in [-0.3, -0.25) is 19.4 Å². The number of carboxylic acid groups (broad SMARTS) is 1. The highest BCUT2D eigenvalue weighted by Gasteiger charge is 2.69. The fourth-order valence-corrected chi connectivity index (χ4v) is 13.1. The zero-order valence-electron chi connectivity index (χ0n) is 33.2. The Bertz CT molecular complexity index is 1550. The highest BCUT2D eigenvalue weighted by Crippen LogP contribution is 2.75. The van der Waals surface area contributed by atoms with E-state index in [9.17, 15) is 19.5 Å². The SMILES string of the molecule is CC(C)C1=C2C(CC[C@]3(C)[C@@H]2CC[C@@H]2[C@@]4(C)CC[C@H](OC(=O)CC(C)(C)C(=O)O)C(C)(C)[C@@H]4CC[C@]23C)[C@H](CCN[C@@H](C)c2cccnc2)C1=O. The van der Waals surface area contributed by atoms with Crippen LogP contribution in [0.15, 0.2) is 35.7 Å². The van der Waals surface area contributed by atoms with Crippen LogP contribution in [0, 0.1) is 62.6 Å². The molecule has 6 rings (SSSR count). The summed E-state index contributed by atoms with van der Waals surface area (Å²) in [5, 5.41) is 13.3. The Morgan fingerprint density at radius 3 is 2.33 bits per heavy atom. The normalized spacial score (nSPS) is 38.0. The van der Waals surface area contributed by atoms with E-state index >= 15 is 0 Å². The van der Waals surface area contributed by atoms with Crippen molar-refractivity contribution in [3.63, 3.8) is 0 Å². The van der Waals surface area contributed by atoms with E-state index in [0.717, 1.165) is 57.1 Å². The number of aromatic nitrogens is 1. The number of hydrogen-bond donors (Lipinski definition) is 2. The first kappa shape index (κ1) is 38.2. The third-order valence-electron chi connectivity index (χ3n) is 16.1. The lowest BCUT2D eigenvalue weighted by Gasteiger charge is -2.71. The lowest BCUT2D eigenvalue weighted by atomic mass is 9.33. The molecule has 1 aromatic rings. The summed E-state index contributed by atoms with van der Waals surface area (Å²) in [4.78, 5) is 43.5. The second kappa shape index (κ2) is 13.4. The Balaban J connectivity index is 1.21. The molecule has 1 heterocycles. The lowest BCUT2D eigenvalue weighted by Crippen LogP contribution is -2.65. The van der Waals surface area contributed by atoms with Gasteiger partial charge in [-0.15, -0.1) is 0 Å². The molecule has 0 aliphatic heterocycles. The molecule has 5 aliphatic carbocycles. The van der Waals surface area contributed by atoms with Gasteiger partial charge in [-0.05, 0) is 148 Å². The molecule has 0 radical (unpaired) electrons. The fraction of sp³-hybridized carbons (Fsp3) is 0.773. The number of nitrogens with one attached hydrogen (secondary N) is 1. The largest absolute Gasteiger partial charge is 0.481 e. The molecule has 5 aliphatic rings. The number of Topliss-reactive ketones (excluding diaryl/α,β-unsaturated/α-hetero) is 1. The standard InChI is InChI=1S/C44H66N2O5/c1-26(2)36-37-29(30(38(36)48)18-23-46-27(3)28-12-11-22-45-25-28)15-20-43(9)31(37)13-14-33-42(8)19-17-34(51-35(47)24-40(4,5)39(49)50)41(6,7)32(42)16-21-44(33,43)10/h11-12,22,25-27,29-34,46H,13-21,23-24H2,1-10H3,(H,49,50)/t27-,29?,30-,31+,32-,33+,34-,42-,43+,44+/m0/s1. The van der Waals surface area contributed by atoms with E-state index in [2.05, 4.69) is 71.8 Å². The average Bonchev–Trinajstić information content (AvgIpc) is 3.33. The Hall–Kier alpha value is -2.54. The van der Waals surface area contributed by atoms with Crippen LogP contribution in [0.4, 0.5) is 0 Å². The minimum atomic E-state index is -1.14. The summed E-state index contributed by atoms with van der Waals surface area (Å²) in [5.41, 5.74) is 2.96. The van der Waals surface area contributed by atoms with Crippen molar-refractivity contribution < 1.29 is 24.2 Å². The predicted molar refractivity (Wildman–Crippen MR) is 201 cm³/mol. The second-order valence-corrected chi connectivity index (χ2v) is 19.7. The number of carboxylic acids is 1. The van der Waals surface area contributed by atoms with E-state index in [1.165, 1.54) is 18.4 Å². The number of allylic oxidation sites excluding steroid dienone is 2. The maximum absolute atomic E-state index is 14.4. The van der Waals surface area contributed by atoms with Gasteiger partial charge in [0.2, 0.25) is 0 Å². The number of pyridine rings is 1. The van der Waals surface area contributed by atoms with E-state index in [1.54, 1.807) is 19.4 Å². The summed E-state index contributed by atoms with van der Waals surface area (Å²) in [7, 11) is 0. The van der Waals surface area contributed by atoms with Crippen molar-refractivity contribution in [2.45, 2.75) is 146 Å². The molecule has 282 valence electrons. The molecule has 0 spiro atoms. The fourth-order valence-electron chi connectivity index (χ4n) is 13.1. The summed E-state index contributed by atoms with van der Waals surface area (Å²) in [6.45, 7) is 23.0. The quantitative estimate of drug-likeness (QED) is 0.234. The summed E-state index contributed by atoms with van der Waals surface area (Å²) in [5.74, 6) is 1.18. The average molecular weight is 703 g/mol. The summed E-state index contributed by atoms with van der Waals surface area (Å²) >= 11 is 0. The van der Waals surface area contributed by atoms with E-state index in [0.29, 0.717) is 29.5 Å². The van der Waals surface area contributed by atoms with Crippen LogP contribution in [0.2, 0.25) is 0 Å².